The molecule has 0 fully saturated rings. The number of phenolic OH excluding ortho intramolecular Hbond substituents is 2. The molecule has 3 nitrogen and oxygen atoms in total. The van der Waals surface area contributed by atoms with Crippen LogP contribution in [0.4, 0.5) is 0 Å². The van der Waals surface area contributed by atoms with Crippen LogP contribution in [-0.2, 0) is 6.61 Å². The van der Waals surface area contributed by atoms with Crippen LogP contribution >= 0.6 is 0 Å². The summed E-state index contributed by atoms with van der Waals surface area (Å²) in [6.45, 7) is 0.547. The first kappa shape index (κ1) is 15.4. The van der Waals surface area contributed by atoms with Crippen molar-refractivity contribution < 1.29 is 14.9 Å². The molecule has 3 heteroatoms. The summed E-state index contributed by atoms with van der Waals surface area (Å²) in [7, 11) is 0. The quantitative estimate of drug-likeness (QED) is 0.754. The van der Waals surface area contributed by atoms with Crippen LogP contribution in [0.1, 0.15) is 5.56 Å². The SMILES string of the molecule is Oc1ccc(OCc2ccccc2)cc1.Oc1ccccc1. The smallest absolute Gasteiger partial charge is 0.120 e. The fourth-order valence-corrected chi connectivity index (χ4v) is 1.71. The third-order valence-electron chi connectivity index (χ3n) is 2.84. The van der Waals surface area contributed by atoms with Crippen molar-refractivity contribution in [3.63, 3.8) is 0 Å². The van der Waals surface area contributed by atoms with Crippen LogP contribution in [0.2, 0.25) is 0 Å². The zero-order valence-electron chi connectivity index (χ0n) is 12.1. The van der Waals surface area contributed by atoms with Crippen LogP contribution in [0.15, 0.2) is 84.9 Å². The summed E-state index contributed by atoms with van der Waals surface area (Å²) in [6.07, 6.45) is 0. The third kappa shape index (κ3) is 5.59. The van der Waals surface area contributed by atoms with Crippen molar-refractivity contribution in [2.45, 2.75) is 6.61 Å². The van der Waals surface area contributed by atoms with E-state index in [-0.39, 0.29) is 5.75 Å². The van der Waals surface area contributed by atoms with Gasteiger partial charge in [0.15, 0.2) is 0 Å². The van der Waals surface area contributed by atoms with Crippen molar-refractivity contribution >= 4 is 0 Å². The van der Waals surface area contributed by atoms with Gasteiger partial charge in [-0.1, -0.05) is 48.5 Å². The van der Waals surface area contributed by atoms with Crippen molar-refractivity contribution in [2.75, 3.05) is 0 Å². The van der Waals surface area contributed by atoms with Gasteiger partial charge in [0.2, 0.25) is 0 Å². The Morgan fingerprint density at radius 2 is 1.09 bits per heavy atom. The van der Waals surface area contributed by atoms with Crippen LogP contribution in [-0.4, -0.2) is 10.2 Å². The lowest BCUT2D eigenvalue weighted by molar-refractivity contribution is 0.305. The first-order valence-corrected chi connectivity index (χ1v) is 6.94. The monoisotopic (exact) mass is 294 g/mol. The lowest BCUT2D eigenvalue weighted by Crippen LogP contribution is -1.94. The molecule has 0 amide bonds. The van der Waals surface area contributed by atoms with E-state index in [2.05, 4.69) is 0 Å². The van der Waals surface area contributed by atoms with E-state index < -0.39 is 0 Å². The number of rotatable bonds is 3. The number of phenols is 2. The highest BCUT2D eigenvalue weighted by Crippen LogP contribution is 2.17. The minimum Gasteiger partial charge on any atom is -0.508 e. The molecule has 3 aromatic rings. The Labute approximate surface area is 130 Å². The second kappa shape index (κ2) is 8.37. The Morgan fingerprint density at radius 1 is 0.591 bits per heavy atom. The van der Waals surface area contributed by atoms with E-state index in [4.69, 9.17) is 14.9 Å². The van der Waals surface area contributed by atoms with Crippen molar-refractivity contribution in [3.05, 3.63) is 90.5 Å². The highest BCUT2D eigenvalue weighted by molar-refractivity contribution is 5.30. The van der Waals surface area contributed by atoms with E-state index >= 15 is 0 Å². The summed E-state index contributed by atoms with van der Waals surface area (Å²) in [6, 6.07) is 25.4. The molecule has 3 rings (SSSR count). The second-order valence-electron chi connectivity index (χ2n) is 4.60. The van der Waals surface area contributed by atoms with Gasteiger partial charge >= 0.3 is 0 Å². The lowest BCUT2D eigenvalue weighted by Gasteiger charge is -2.05. The molecule has 0 aliphatic carbocycles. The number of aromatic hydroxyl groups is 2. The normalized spacial score (nSPS) is 9.45. The Morgan fingerprint density at radius 3 is 1.59 bits per heavy atom. The van der Waals surface area contributed by atoms with Gasteiger partial charge in [-0.2, -0.15) is 0 Å². The summed E-state index contributed by atoms with van der Waals surface area (Å²) in [5, 5.41) is 17.7. The number of hydrogen-bond acceptors (Lipinski definition) is 3. The largest absolute Gasteiger partial charge is 0.508 e. The molecule has 0 radical (unpaired) electrons. The molecule has 2 N–H and O–H groups in total. The Bertz CT molecular complexity index is 649. The molecule has 0 heterocycles. The highest BCUT2D eigenvalue weighted by atomic mass is 16.5. The Balaban J connectivity index is 0.000000211. The van der Waals surface area contributed by atoms with Gasteiger partial charge in [-0.05, 0) is 42.0 Å². The van der Waals surface area contributed by atoms with E-state index in [1.54, 1.807) is 48.5 Å². The third-order valence-corrected chi connectivity index (χ3v) is 2.84. The van der Waals surface area contributed by atoms with Gasteiger partial charge in [-0.25, -0.2) is 0 Å². The average Bonchev–Trinajstić information content (AvgIpc) is 2.57. The number of para-hydroxylation sites is 1. The topological polar surface area (TPSA) is 49.7 Å². The fourth-order valence-electron chi connectivity index (χ4n) is 1.71. The van der Waals surface area contributed by atoms with Gasteiger partial charge in [0.1, 0.15) is 23.9 Å². The zero-order valence-corrected chi connectivity index (χ0v) is 12.1. The summed E-state index contributed by atoms with van der Waals surface area (Å²) < 4.78 is 5.54. The molecule has 3 aromatic carbocycles. The van der Waals surface area contributed by atoms with Gasteiger partial charge in [-0.15, -0.1) is 0 Å². The summed E-state index contributed by atoms with van der Waals surface area (Å²) in [4.78, 5) is 0. The molecule has 0 atom stereocenters. The molecule has 0 saturated carbocycles. The van der Waals surface area contributed by atoms with Crippen molar-refractivity contribution in [1.29, 1.82) is 0 Å². The predicted octanol–water partition coefficient (Wildman–Crippen LogP) is 4.36. The maximum absolute atomic E-state index is 9.09. The maximum Gasteiger partial charge on any atom is 0.120 e. The summed E-state index contributed by atoms with van der Waals surface area (Å²) in [5.41, 5.74) is 1.13. The molecule has 0 bridgehead atoms. The first-order valence-electron chi connectivity index (χ1n) is 6.94. The second-order valence-corrected chi connectivity index (χ2v) is 4.60. The molecule has 112 valence electrons. The molecule has 22 heavy (non-hydrogen) atoms. The molecular weight excluding hydrogens is 276 g/mol. The summed E-state index contributed by atoms with van der Waals surface area (Å²) >= 11 is 0. The van der Waals surface area contributed by atoms with E-state index in [9.17, 15) is 0 Å². The van der Waals surface area contributed by atoms with Crippen LogP contribution in [0.25, 0.3) is 0 Å². The minimum absolute atomic E-state index is 0.252. The van der Waals surface area contributed by atoms with Gasteiger partial charge in [0, 0.05) is 0 Å². The van der Waals surface area contributed by atoms with Gasteiger partial charge in [0.05, 0.1) is 0 Å². The molecule has 0 aromatic heterocycles. The molecule has 0 spiro atoms. The molecular formula is C19H18O3. The molecule has 0 saturated heterocycles. The first-order chi connectivity index (χ1) is 10.7. The van der Waals surface area contributed by atoms with Crippen LogP contribution < -0.4 is 4.74 Å². The molecule has 0 aliphatic rings. The Kier molecular flexibility index (Phi) is 5.88. The number of hydrogen-bond donors (Lipinski definition) is 2. The van der Waals surface area contributed by atoms with Crippen molar-refractivity contribution in [1.82, 2.24) is 0 Å². The Hall–Kier alpha value is -2.94. The molecule has 0 aliphatic heterocycles. The van der Waals surface area contributed by atoms with Gasteiger partial charge < -0.3 is 14.9 Å². The summed E-state index contributed by atoms with van der Waals surface area (Å²) in [5.74, 6) is 1.33. The van der Waals surface area contributed by atoms with Crippen LogP contribution in [0.5, 0.6) is 17.2 Å². The lowest BCUT2D eigenvalue weighted by atomic mass is 10.2. The van der Waals surface area contributed by atoms with Gasteiger partial charge in [-0.3, -0.25) is 0 Å². The zero-order chi connectivity index (χ0) is 15.6. The predicted molar refractivity (Wildman–Crippen MR) is 87.0 cm³/mol. The van der Waals surface area contributed by atoms with E-state index in [1.165, 1.54) is 0 Å². The standard InChI is InChI=1S/C13H12O2.C6H6O/c14-12-6-8-13(9-7-12)15-10-11-4-2-1-3-5-11;7-6-4-2-1-3-5-6/h1-9,14H,10H2;1-5,7H. The fraction of sp³-hybridized carbons (Fsp3) is 0.0526. The van der Waals surface area contributed by atoms with Crippen molar-refractivity contribution in [2.24, 2.45) is 0 Å². The van der Waals surface area contributed by atoms with E-state index in [0.717, 1.165) is 11.3 Å². The van der Waals surface area contributed by atoms with Crippen LogP contribution in [0.3, 0.4) is 0 Å². The number of ether oxygens (including phenoxy) is 1. The van der Waals surface area contributed by atoms with E-state index in [1.807, 2.05) is 36.4 Å². The molecule has 0 unspecified atom stereocenters. The average molecular weight is 294 g/mol. The van der Waals surface area contributed by atoms with Crippen molar-refractivity contribution in [3.8, 4) is 17.2 Å². The maximum atomic E-state index is 9.09. The van der Waals surface area contributed by atoms with Crippen LogP contribution in [0, 0.1) is 0 Å². The van der Waals surface area contributed by atoms with Gasteiger partial charge in [0.25, 0.3) is 0 Å². The highest BCUT2D eigenvalue weighted by Gasteiger charge is 1.95. The number of benzene rings is 3. The minimum atomic E-state index is 0.252. The van der Waals surface area contributed by atoms with E-state index in [0.29, 0.717) is 12.4 Å².